The zero-order valence-electron chi connectivity index (χ0n) is 14.6. The van der Waals surface area contributed by atoms with Crippen LogP contribution >= 0.6 is 12.4 Å². The molecule has 4 heteroatoms. The molecule has 1 saturated carbocycles. The molecule has 3 rings (SSSR count). The number of likely N-dealkylation sites (tertiary alicyclic amines) is 1. The molecule has 1 aromatic rings. The smallest absolute Gasteiger partial charge is 0.339 e. The summed E-state index contributed by atoms with van der Waals surface area (Å²) in [5.41, 5.74) is 0.0804. The summed E-state index contributed by atoms with van der Waals surface area (Å²) < 4.78 is 6.12. The van der Waals surface area contributed by atoms with Crippen LogP contribution in [0.3, 0.4) is 0 Å². The summed E-state index contributed by atoms with van der Waals surface area (Å²) in [5.74, 6) is 0.120. The van der Waals surface area contributed by atoms with E-state index in [0.29, 0.717) is 23.6 Å². The maximum Gasteiger partial charge on any atom is 0.339 e. The quantitative estimate of drug-likeness (QED) is 0.595. The van der Waals surface area contributed by atoms with Crippen molar-refractivity contribution in [2.75, 3.05) is 7.05 Å². The molecule has 1 aromatic carbocycles. The average molecular weight is 350 g/mol. The van der Waals surface area contributed by atoms with Crippen molar-refractivity contribution in [3.63, 3.8) is 0 Å². The van der Waals surface area contributed by atoms with Crippen LogP contribution in [0.2, 0.25) is 0 Å². The Balaban J connectivity index is 0.00000208. The van der Waals surface area contributed by atoms with Gasteiger partial charge in [-0.2, -0.15) is 0 Å². The minimum atomic E-state index is -0.538. The lowest BCUT2D eigenvalue weighted by molar-refractivity contribution is -0.107. The second-order valence-corrected chi connectivity index (χ2v) is 7.09. The van der Waals surface area contributed by atoms with Crippen LogP contribution in [0.25, 0.3) is 0 Å². The summed E-state index contributed by atoms with van der Waals surface area (Å²) in [5, 5.41) is 0. The van der Waals surface area contributed by atoms with Gasteiger partial charge in [-0.15, -0.1) is 12.4 Å². The normalized spacial score (nSPS) is 33.0. The van der Waals surface area contributed by atoms with Gasteiger partial charge in [0.2, 0.25) is 0 Å². The molecule has 24 heavy (non-hydrogen) atoms. The highest BCUT2D eigenvalue weighted by Crippen LogP contribution is 2.46. The van der Waals surface area contributed by atoms with Gasteiger partial charge >= 0.3 is 5.97 Å². The first-order chi connectivity index (χ1) is 11.1. The lowest BCUT2D eigenvalue weighted by Crippen LogP contribution is -2.61. The van der Waals surface area contributed by atoms with Gasteiger partial charge in [0.1, 0.15) is 5.60 Å². The Kier molecular flexibility index (Phi) is 6.11. The molecule has 1 heterocycles. The number of hydrogen-bond acceptors (Lipinski definition) is 3. The Morgan fingerprint density at radius 3 is 2.62 bits per heavy atom. The molecule has 132 valence electrons. The van der Waals surface area contributed by atoms with E-state index in [-0.39, 0.29) is 18.4 Å². The summed E-state index contributed by atoms with van der Waals surface area (Å²) in [4.78, 5) is 15.1. The highest BCUT2D eigenvalue weighted by molar-refractivity contribution is 5.89. The number of esters is 1. The molecule has 0 spiro atoms. The number of halogens is 1. The molecule has 0 amide bonds. The highest BCUT2D eigenvalue weighted by atomic mass is 35.5. The van der Waals surface area contributed by atoms with Crippen LogP contribution in [0.5, 0.6) is 0 Å². The SMILES string of the molecule is C=C[C@]1(OC(=O)c2ccccc2)C[C@@H](C)N(C)[C@H]2CCCC[C@@H]21.Cl. The second kappa shape index (κ2) is 7.71. The van der Waals surface area contributed by atoms with Crippen LogP contribution in [0.1, 0.15) is 49.4 Å². The fraction of sp³-hybridized carbons (Fsp3) is 0.550. The summed E-state index contributed by atoms with van der Waals surface area (Å²) in [7, 11) is 2.21. The molecule has 3 nitrogen and oxygen atoms in total. The number of benzene rings is 1. The molecular weight excluding hydrogens is 322 g/mol. The Morgan fingerprint density at radius 2 is 1.96 bits per heavy atom. The Hall–Kier alpha value is -1.32. The number of ether oxygens (including phenoxy) is 1. The minimum Gasteiger partial charge on any atom is -0.451 e. The molecule has 0 bridgehead atoms. The number of carbonyl (C=O) groups excluding carboxylic acids is 1. The van der Waals surface area contributed by atoms with Crippen LogP contribution in [0, 0.1) is 5.92 Å². The molecule has 1 aliphatic carbocycles. The van der Waals surface area contributed by atoms with E-state index >= 15 is 0 Å². The van der Waals surface area contributed by atoms with Crippen LogP contribution < -0.4 is 0 Å². The summed E-state index contributed by atoms with van der Waals surface area (Å²) >= 11 is 0. The fourth-order valence-electron chi connectivity index (χ4n) is 4.45. The van der Waals surface area contributed by atoms with E-state index < -0.39 is 5.60 Å². The largest absolute Gasteiger partial charge is 0.451 e. The van der Waals surface area contributed by atoms with Crippen LogP contribution in [0.15, 0.2) is 43.0 Å². The summed E-state index contributed by atoms with van der Waals surface area (Å²) in [6, 6.07) is 10.2. The third kappa shape index (κ3) is 3.38. The molecule has 0 N–H and O–H groups in total. The van der Waals surface area contributed by atoms with Gasteiger partial charge < -0.3 is 9.64 Å². The van der Waals surface area contributed by atoms with E-state index in [0.717, 1.165) is 12.8 Å². The first kappa shape index (κ1) is 19.0. The Morgan fingerprint density at radius 1 is 1.29 bits per heavy atom. The van der Waals surface area contributed by atoms with Crippen molar-refractivity contribution in [2.45, 2.75) is 56.7 Å². The van der Waals surface area contributed by atoms with E-state index in [2.05, 4.69) is 25.5 Å². The van der Waals surface area contributed by atoms with Crippen molar-refractivity contribution in [1.29, 1.82) is 0 Å². The van der Waals surface area contributed by atoms with Crippen LogP contribution in [-0.2, 0) is 4.74 Å². The molecule has 0 unspecified atom stereocenters. The van der Waals surface area contributed by atoms with Crippen LogP contribution in [-0.4, -0.2) is 35.6 Å². The predicted octanol–water partition coefficient (Wildman–Crippen LogP) is 4.47. The van der Waals surface area contributed by atoms with E-state index in [9.17, 15) is 4.79 Å². The number of fused-ring (bicyclic) bond motifs is 1. The molecule has 0 radical (unpaired) electrons. The van der Waals surface area contributed by atoms with Crippen molar-refractivity contribution in [3.05, 3.63) is 48.6 Å². The zero-order chi connectivity index (χ0) is 16.4. The Bertz CT molecular complexity index is 576. The van der Waals surface area contributed by atoms with Gasteiger partial charge in [-0.3, -0.25) is 0 Å². The topological polar surface area (TPSA) is 29.5 Å². The van der Waals surface area contributed by atoms with Crippen molar-refractivity contribution in [2.24, 2.45) is 5.92 Å². The maximum atomic E-state index is 12.7. The Labute approximate surface area is 151 Å². The van der Waals surface area contributed by atoms with Crippen molar-refractivity contribution < 1.29 is 9.53 Å². The fourth-order valence-corrected chi connectivity index (χ4v) is 4.45. The second-order valence-electron chi connectivity index (χ2n) is 7.09. The number of carbonyl (C=O) groups is 1. The van der Waals surface area contributed by atoms with E-state index in [1.54, 1.807) is 0 Å². The van der Waals surface area contributed by atoms with Gasteiger partial charge in [-0.1, -0.05) is 37.6 Å². The van der Waals surface area contributed by atoms with Gasteiger partial charge in [0, 0.05) is 24.4 Å². The number of hydrogen-bond donors (Lipinski definition) is 0. The standard InChI is InChI=1S/C20H27NO2.ClH/c1-4-20(23-19(22)16-10-6-5-7-11-16)14-15(2)21(3)18-13-9-8-12-17(18)20;/h4-7,10-11,15,17-18H,1,8-9,12-14H2,2-3H3;1H/t15-,17+,18+,20+;/m1./s1. The van der Waals surface area contributed by atoms with Crippen LogP contribution in [0.4, 0.5) is 0 Å². The molecule has 2 aliphatic rings. The molecule has 1 saturated heterocycles. The highest BCUT2D eigenvalue weighted by Gasteiger charge is 2.51. The summed E-state index contributed by atoms with van der Waals surface area (Å²) in [6.07, 6.45) is 7.49. The predicted molar refractivity (Wildman–Crippen MR) is 99.6 cm³/mol. The molecule has 0 aromatic heterocycles. The molecule has 2 fully saturated rings. The number of rotatable bonds is 3. The first-order valence-corrected chi connectivity index (χ1v) is 8.71. The number of piperidine rings is 1. The van der Waals surface area contributed by atoms with E-state index in [1.165, 1.54) is 19.3 Å². The van der Waals surface area contributed by atoms with E-state index in [4.69, 9.17) is 4.74 Å². The lowest BCUT2D eigenvalue weighted by Gasteiger charge is -2.54. The molecular formula is C20H28ClNO2. The van der Waals surface area contributed by atoms with Gasteiger partial charge in [0.05, 0.1) is 5.56 Å². The molecule has 1 aliphatic heterocycles. The van der Waals surface area contributed by atoms with Crippen molar-refractivity contribution in [1.82, 2.24) is 4.90 Å². The zero-order valence-corrected chi connectivity index (χ0v) is 15.4. The third-order valence-corrected chi connectivity index (χ3v) is 5.83. The first-order valence-electron chi connectivity index (χ1n) is 8.71. The summed E-state index contributed by atoms with van der Waals surface area (Å²) in [6.45, 7) is 6.28. The lowest BCUT2D eigenvalue weighted by atomic mass is 9.67. The van der Waals surface area contributed by atoms with Gasteiger partial charge in [-0.05, 0) is 45.0 Å². The average Bonchev–Trinajstić information content (AvgIpc) is 2.60. The van der Waals surface area contributed by atoms with Gasteiger partial charge in [0.25, 0.3) is 0 Å². The van der Waals surface area contributed by atoms with Gasteiger partial charge in [-0.25, -0.2) is 4.79 Å². The molecule has 4 atom stereocenters. The van der Waals surface area contributed by atoms with Crippen molar-refractivity contribution >= 4 is 18.4 Å². The van der Waals surface area contributed by atoms with Gasteiger partial charge in [0.15, 0.2) is 0 Å². The third-order valence-electron chi connectivity index (χ3n) is 5.83. The minimum absolute atomic E-state index is 0. The monoisotopic (exact) mass is 349 g/mol. The van der Waals surface area contributed by atoms with Crippen molar-refractivity contribution in [3.8, 4) is 0 Å². The number of nitrogens with zero attached hydrogens (tertiary/aromatic N) is 1. The maximum absolute atomic E-state index is 12.7. The van der Waals surface area contributed by atoms with E-state index in [1.807, 2.05) is 36.4 Å².